The summed E-state index contributed by atoms with van der Waals surface area (Å²) in [6.45, 7) is 11.3. The first-order chi connectivity index (χ1) is 10.2. The Kier molecular flexibility index (Phi) is 7.42. The third kappa shape index (κ3) is 6.83. The third-order valence-electron chi connectivity index (χ3n) is 3.25. The van der Waals surface area contributed by atoms with Crippen molar-refractivity contribution in [3.05, 3.63) is 0 Å². The van der Waals surface area contributed by atoms with E-state index >= 15 is 0 Å². The summed E-state index contributed by atoms with van der Waals surface area (Å²) in [6.07, 6.45) is 1.17. The van der Waals surface area contributed by atoms with E-state index in [1.807, 2.05) is 34.6 Å². The van der Waals surface area contributed by atoms with Crippen LogP contribution < -0.4 is 5.43 Å². The Morgan fingerprint density at radius 2 is 2.00 bits per heavy atom. The molecule has 6 nitrogen and oxygen atoms in total. The van der Waals surface area contributed by atoms with Crippen molar-refractivity contribution in [2.24, 2.45) is 5.10 Å². The summed E-state index contributed by atoms with van der Waals surface area (Å²) >= 11 is 6.06. The second kappa shape index (κ2) is 8.58. The molecular formula is C15H28ClN3O3. The molecular weight excluding hydrogens is 306 g/mol. The minimum Gasteiger partial charge on any atom is -0.444 e. The first kappa shape index (κ1) is 19.0. The molecule has 1 unspecified atom stereocenters. The van der Waals surface area contributed by atoms with Crippen LogP contribution in [0.5, 0.6) is 0 Å². The average molecular weight is 334 g/mol. The van der Waals surface area contributed by atoms with Gasteiger partial charge in [0.2, 0.25) is 0 Å². The molecule has 22 heavy (non-hydrogen) atoms. The Morgan fingerprint density at radius 3 is 2.50 bits per heavy atom. The van der Waals surface area contributed by atoms with Crippen LogP contribution in [0.1, 0.15) is 47.5 Å². The largest absolute Gasteiger partial charge is 0.444 e. The second-order valence-electron chi connectivity index (χ2n) is 6.40. The maximum Gasteiger partial charge on any atom is 0.410 e. The first-order valence-electron chi connectivity index (χ1n) is 7.81. The van der Waals surface area contributed by atoms with Gasteiger partial charge in [-0.15, -0.1) is 0 Å². The van der Waals surface area contributed by atoms with Crippen LogP contribution in [0.25, 0.3) is 0 Å². The molecule has 1 saturated heterocycles. The molecule has 1 rings (SSSR count). The number of hydrogen-bond donors (Lipinski definition) is 1. The number of nitrogens with one attached hydrogen (secondary N) is 1. The zero-order valence-electron chi connectivity index (χ0n) is 14.2. The number of carbonyl (C=O) groups excluding carboxylic acids is 1. The molecule has 1 N–H and O–H groups in total. The molecule has 1 atom stereocenters. The number of nitrogens with zero attached hydrogens (tertiary/aromatic N) is 2. The van der Waals surface area contributed by atoms with Crippen molar-refractivity contribution >= 4 is 22.9 Å². The van der Waals surface area contributed by atoms with Crippen LogP contribution in [-0.4, -0.2) is 53.6 Å². The Hall–Kier alpha value is -1.01. The van der Waals surface area contributed by atoms with E-state index in [1.54, 1.807) is 4.90 Å². The normalized spacial score (nSPS) is 19.0. The number of likely N-dealkylation sites (tertiary alicyclic amines) is 1. The van der Waals surface area contributed by atoms with Crippen molar-refractivity contribution in [1.82, 2.24) is 10.3 Å². The predicted octanol–water partition coefficient (Wildman–Crippen LogP) is 2.95. The van der Waals surface area contributed by atoms with Gasteiger partial charge in [0.05, 0.1) is 0 Å². The second-order valence-corrected chi connectivity index (χ2v) is 6.79. The van der Waals surface area contributed by atoms with Crippen LogP contribution in [0.2, 0.25) is 0 Å². The lowest BCUT2D eigenvalue weighted by Gasteiger charge is -2.33. The van der Waals surface area contributed by atoms with Gasteiger partial charge in [0, 0.05) is 25.7 Å². The molecule has 1 amide bonds. The molecule has 0 aromatic rings. The van der Waals surface area contributed by atoms with Gasteiger partial charge >= 0.3 is 6.09 Å². The van der Waals surface area contributed by atoms with Gasteiger partial charge < -0.3 is 19.8 Å². The average Bonchev–Trinajstić information content (AvgIpc) is 2.43. The minimum absolute atomic E-state index is 0.207. The van der Waals surface area contributed by atoms with Crippen LogP contribution in [0.4, 0.5) is 4.79 Å². The van der Waals surface area contributed by atoms with Gasteiger partial charge in [-0.05, 0) is 47.5 Å². The zero-order chi connectivity index (χ0) is 16.8. The van der Waals surface area contributed by atoms with Crippen LogP contribution in [0.15, 0.2) is 5.10 Å². The Balaban J connectivity index is 2.36. The molecule has 0 aromatic carbocycles. The standard InChI is InChI=1S/C15H28ClN3O3/c1-6-21-11(2)13(16)18-17-12-7-9-19(10-8-12)14(20)22-15(3,4)5/h11-12,17H,6-10H2,1-5H3/b18-13-. The maximum absolute atomic E-state index is 12.0. The molecule has 1 heterocycles. The fraction of sp³-hybridized carbons (Fsp3) is 0.867. The van der Waals surface area contributed by atoms with Crippen molar-refractivity contribution in [2.75, 3.05) is 19.7 Å². The van der Waals surface area contributed by atoms with Crippen LogP contribution in [-0.2, 0) is 9.47 Å². The summed E-state index contributed by atoms with van der Waals surface area (Å²) in [5.74, 6) is 0. The Morgan fingerprint density at radius 1 is 1.41 bits per heavy atom. The van der Waals surface area contributed by atoms with Crippen molar-refractivity contribution < 1.29 is 14.3 Å². The summed E-state index contributed by atoms with van der Waals surface area (Å²) in [4.78, 5) is 13.7. The first-order valence-corrected chi connectivity index (χ1v) is 8.19. The summed E-state index contributed by atoms with van der Waals surface area (Å²) in [5, 5.41) is 4.58. The number of hydrogen-bond acceptors (Lipinski definition) is 5. The lowest BCUT2D eigenvalue weighted by Crippen LogP contribution is -2.45. The van der Waals surface area contributed by atoms with Gasteiger partial charge in [-0.2, -0.15) is 5.10 Å². The van der Waals surface area contributed by atoms with Gasteiger partial charge in [-0.1, -0.05) is 11.6 Å². The molecule has 0 aromatic heterocycles. The lowest BCUT2D eigenvalue weighted by atomic mass is 10.1. The van der Waals surface area contributed by atoms with E-state index in [0.717, 1.165) is 12.8 Å². The highest BCUT2D eigenvalue weighted by Crippen LogP contribution is 2.15. The SMILES string of the molecule is CCOC(C)/C(Cl)=N/NC1CCN(C(=O)OC(C)(C)C)CC1. The fourth-order valence-corrected chi connectivity index (χ4v) is 2.19. The maximum atomic E-state index is 12.0. The molecule has 0 radical (unpaired) electrons. The molecule has 0 aliphatic carbocycles. The van der Waals surface area contributed by atoms with Crippen LogP contribution >= 0.6 is 11.6 Å². The zero-order valence-corrected chi connectivity index (χ0v) is 14.9. The van der Waals surface area contributed by atoms with Gasteiger partial charge in [0.1, 0.15) is 11.7 Å². The topological polar surface area (TPSA) is 63.2 Å². The number of rotatable bonds is 5. The Bertz CT molecular complexity index is 388. The molecule has 7 heteroatoms. The Labute approximate surface area is 138 Å². The molecule has 1 aliphatic rings. The van der Waals surface area contributed by atoms with Crippen molar-refractivity contribution in [3.63, 3.8) is 0 Å². The number of amides is 1. The van der Waals surface area contributed by atoms with E-state index in [-0.39, 0.29) is 18.2 Å². The summed E-state index contributed by atoms with van der Waals surface area (Å²) in [5.41, 5.74) is 2.61. The number of carbonyl (C=O) groups is 1. The van der Waals surface area contributed by atoms with E-state index < -0.39 is 5.60 Å². The molecule has 0 spiro atoms. The van der Waals surface area contributed by atoms with Crippen molar-refractivity contribution in [2.45, 2.75) is 65.2 Å². The summed E-state index contributed by atoms with van der Waals surface area (Å²) < 4.78 is 10.7. The highest BCUT2D eigenvalue weighted by molar-refractivity contribution is 6.66. The van der Waals surface area contributed by atoms with E-state index in [0.29, 0.717) is 24.9 Å². The third-order valence-corrected chi connectivity index (χ3v) is 3.64. The van der Waals surface area contributed by atoms with E-state index in [1.165, 1.54) is 0 Å². The van der Waals surface area contributed by atoms with Crippen molar-refractivity contribution in [3.8, 4) is 0 Å². The number of piperidine rings is 1. The highest BCUT2D eigenvalue weighted by Gasteiger charge is 2.26. The molecule has 1 fully saturated rings. The molecule has 1 aliphatic heterocycles. The summed E-state index contributed by atoms with van der Waals surface area (Å²) in [6, 6.07) is 0.210. The number of halogens is 1. The van der Waals surface area contributed by atoms with Gasteiger partial charge in [-0.25, -0.2) is 4.79 Å². The number of ether oxygens (including phenoxy) is 2. The molecule has 128 valence electrons. The summed E-state index contributed by atoms with van der Waals surface area (Å²) in [7, 11) is 0. The monoisotopic (exact) mass is 333 g/mol. The van der Waals surface area contributed by atoms with Crippen LogP contribution in [0.3, 0.4) is 0 Å². The minimum atomic E-state index is -0.459. The van der Waals surface area contributed by atoms with Gasteiger partial charge in [0.25, 0.3) is 0 Å². The predicted molar refractivity (Wildman–Crippen MR) is 88.3 cm³/mol. The van der Waals surface area contributed by atoms with E-state index in [9.17, 15) is 4.79 Å². The van der Waals surface area contributed by atoms with E-state index in [4.69, 9.17) is 21.1 Å². The smallest absolute Gasteiger partial charge is 0.410 e. The van der Waals surface area contributed by atoms with Crippen molar-refractivity contribution in [1.29, 1.82) is 0 Å². The number of hydrazone groups is 1. The quantitative estimate of drug-likeness (QED) is 0.620. The van der Waals surface area contributed by atoms with Gasteiger partial charge in [0.15, 0.2) is 5.17 Å². The van der Waals surface area contributed by atoms with E-state index in [2.05, 4.69) is 10.5 Å². The fourth-order valence-electron chi connectivity index (χ4n) is 2.08. The highest BCUT2D eigenvalue weighted by atomic mass is 35.5. The molecule has 0 saturated carbocycles. The van der Waals surface area contributed by atoms with Crippen LogP contribution in [0, 0.1) is 0 Å². The lowest BCUT2D eigenvalue weighted by molar-refractivity contribution is 0.0198. The van der Waals surface area contributed by atoms with Gasteiger partial charge in [-0.3, -0.25) is 0 Å². The molecule has 0 bridgehead atoms.